The molecule has 0 radical (unpaired) electrons. The van der Waals surface area contributed by atoms with Crippen molar-refractivity contribution in [1.29, 1.82) is 0 Å². The van der Waals surface area contributed by atoms with Gasteiger partial charge >= 0.3 is 11.9 Å². The van der Waals surface area contributed by atoms with Crippen LogP contribution in [0.3, 0.4) is 0 Å². The predicted molar refractivity (Wildman–Crippen MR) is 106 cm³/mol. The number of benzene rings is 1. The maximum absolute atomic E-state index is 13.0. The molecule has 0 unspecified atom stereocenters. The third-order valence-corrected chi connectivity index (χ3v) is 4.80. The van der Waals surface area contributed by atoms with Crippen LogP contribution in [0.15, 0.2) is 24.3 Å². The molecule has 2 atom stereocenters. The molecule has 9 heteroatoms. The van der Waals surface area contributed by atoms with E-state index < -0.39 is 42.3 Å². The van der Waals surface area contributed by atoms with Crippen LogP contribution in [0.2, 0.25) is 0 Å². The minimum Gasteiger partial charge on any atom is -0.481 e. The summed E-state index contributed by atoms with van der Waals surface area (Å²) in [5, 5.41) is 23.7. The third kappa shape index (κ3) is 4.74. The van der Waals surface area contributed by atoms with Gasteiger partial charge in [-0.15, -0.1) is 0 Å². The standard InChI is InChI=1S/C20H25N3O6/c1-10(2)16(18(26)21-13(20(28)29)9-15(24)25)22-19(27)17-11(3)12-7-5-6-8-14(12)23(17)4/h5-8,10,13,16H,9H2,1-4H3,(H,21,26)(H,22,27)(H,24,25)(H,28,29)/t13-,16-/m0/s1. The van der Waals surface area contributed by atoms with Crippen LogP contribution in [-0.2, 0) is 21.4 Å². The Bertz CT molecular complexity index is 924. The van der Waals surface area contributed by atoms with Crippen LogP contribution in [0.4, 0.5) is 0 Å². The van der Waals surface area contributed by atoms with Crippen molar-refractivity contribution in [1.82, 2.24) is 15.2 Å². The molecule has 0 aliphatic carbocycles. The lowest BCUT2D eigenvalue weighted by atomic mass is 10.0. The Morgan fingerprint density at radius 3 is 2.21 bits per heavy atom. The molecule has 0 bridgehead atoms. The number of rotatable bonds is 8. The molecular weight excluding hydrogens is 378 g/mol. The van der Waals surface area contributed by atoms with Gasteiger partial charge in [-0.2, -0.15) is 0 Å². The van der Waals surface area contributed by atoms with Gasteiger partial charge < -0.3 is 25.4 Å². The maximum atomic E-state index is 13.0. The summed E-state index contributed by atoms with van der Waals surface area (Å²) >= 11 is 0. The van der Waals surface area contributed by atoms with Crippen LogP contribution in [-0.4, -0.2) is 50.6 Å². The first kappa shape index (κ1) is 21.9. The summed E-state index contributed by atoms with van der Waals surface area (Å²) in [7, 11) is 1.75. The smallest absolute Gasteiger partial charge is 0.326 e. The zero-order valence-electron chi connectivity index (χ0n) is 16.7. The van der Waals surface area contributed by atoms with E-state index >= 15 is 0 Å². The van der Waals surface area contributed by atoms with E-state index in [1.165, 1.54) is 0 Å². The summed E-state index contributed by atoms with van der Waals surface area (Å²) < 4.78 is 1.74. The SMILES string of the molecule is Cc1c(C(=O)N[C@H](C(=O)N[C@@H](CC(=O)O)C(=O)O)C(C)C)n(C)c2ccccc12. The van der Waals surface area contributed by atoms with Gasteiger partial charge in [0.05, 0.1) is 6.42 Å². The molecule has 0 fully saturated rings. The second kappa shape index (κ2) is 8.76. The second-order valence-electron chi connectivity index (χ2n) is 7.24. The lowest BCUT2D eigenvalue weighted by Gasteiger charge is -2.24. The van der Waals surface area contributed by atoms with E-state index in [1.807, 2.05) is 31.2 Å². The van der Waals surface area contributed by atoms with Crippen molar-refractivity contribution < 1.29 is 29.4 Å². The molecule has 0 aliphatic rings. The number of carbonyl (C=O) groups excluding carboxylic acids is 2. The topological polar surface area (TPSA) is 138 Å². The molecule has 1 aromatic heterocycles. The number of para-hydroxylation sites is 1. The molecule has 2 rings (SSSR count). The van der Waals surface area contributed by atoms with Gasteiger partial charge in [-0.05, 0) is 24.5 Å². The Balaban J connectivity index is 2.27. The van der Waals surface area contributed by atoms with Crippen molar-refractivity contribution in [3.8, 4) is 0 Å². The predicted octanol–water partition coefficient (Wildman–Crippen LogP) is 1.29. The van der Waals surface area contributed by atoms with Crippen LogP contribution < -0.4 is 10.6 Å². The summed E-state index contributed by atoms with van der Waals surface area (Å²) in [5.74, 6) is -4.39. The minimum absolute atomic E-state index is 0.354. The van der Waals surface area contributed by atoms with Crippen molar-refractivity contribution in [2.45, 2.75) is 39.3 Å². The van der Waals surface area contributed by atoms with Crippen molar-refractivity contribution in [3.63, 3.8) is 0 Å². The lowest BCUT2D eigenvalue weighted by molar-refractivity contribution is -0.147. The van der Waals surface area contributed by atoms with Crippen molar-refractivity contribution in [2.75, 3.05) is 0 Å². The van der Waals surface area contributed by atoms with Gasteiger partial charge in [-0.3, -0.25) is 14.4 Å². The Hall–Kier alpha value is -3.36. The van der Waals surface area contributed by atoms with Gasteiger partial charge in [0.25, 0.3) is 5.91 Å². The van der Waals surface area contributed by atoms with Crippen molar-refractivity contribution in [2.24, 2.45) is 13.0 Å². The largest absolute Gasteiger partial charge is 0.481 e. The van der Waals surface area contributed by atoms with E-state index in [0.717, 1.165) is 16.5 Å². The summed E-state index contributed by atoms with van der Waals surface area (Å²) in [6.45, 7) is 5.21. The van der Waals surface area contributed by atoms with Gasteiger partial charge in [0, 0.05) is 18.0 Å². The van der Waals surface area contributed by atoms with E-state index in [9.17, 15) is 19.2 Å². The van der Waals surface area contributed by atoms with Gasteiger partial charge in [-0.25, -0.2) is 4.79 Å². The quantitative estimate of drug-likeness (QED) is 0.524. The van der Waals surface area contributed by atoms with Gasteiger partial charge in [0.15, 0.2) is 0 Å². The number of aromatic nitrogens is 1. The highest BCUT2D eigenvalue weighted by Gasteiger charge is 2.31. The molecule has 156 valence electrons. The average molecular weight is 403 g/mol. The zero-order valence-corrected chi connectivity index (χ0v) is 16.7. The number of nitrogens with one attached hydrogen (secondary N) is 2. The first-order chi connectivity index (χ1) is 13.5. The highest BCUT2D eigenvalue weighted by molar-refractivity contribution is 6.03. The molecule has 0 saturated heterocycles. The molecule has 2 aromatic rings. The maximum Gasteiger partial charge on any atom is 0.326 e. The van der Waals surface area contributed by atoms with Gasteiger partial charge in [0.2, 0.25) is 5.91 Å². The molecule has 29 heavy (non-hydrogen) atoms. The number of carboxylic acids is 2. The molecule has 1 heterocycles. The summed E-state index contributed by atoms with van der Waals surface area (Å²) in [6, 6.07) is 4.90. The summed E-state index contributed by atoms with van der Waals surface area (Å²) in [6.07, 6.45) is -0.762. The molecule has 0 saturated carbocycles. The van der Waals surface area contributed by atoms with Crippen LogP contribution in [0, 0.1) is 12.8 Å². The minimum atomic E-state index is -1.59. The number of carbonyl (C=O) groups is 4. The number of carboxylic acid groups (broad SMARTS) is 2. The molecule has 0 aliphatic heterocycles. The molecule has 4 N–H and O–H groups in total. The Morgan fingerprint density at radius 1 is 1.07 bits per heavy atom. The van der Waals surface area contributed by atoms with Crippen molar-refractivity contribution >= 4 is 34.7 Å². The number of aryl methyl sites for hydroxylation is 2. The number of fused-ring (bicyclic) bond motifs is 1. The monoisotopic (exact) mass is 403 g/mol. The molecule has 2 amide bonds. The van der Waals surface area contributed by atoms with Gasteiger partial charge in [-0.1, -0.05) is 32.0 Å². The van der Waals surface area contributed by atoms with E-state index in [-0.39, 0.29) is 5.92 Å². The van der Waals surface area contributed by atoms with E-state index in [1.54, 1.807) is 25.5 Å². The zero-order chi connectivity index (χ0) is 21.9. The van der Waals surface area contributed by atoms with E-state index in [2.05, 4.69) is 10.6 Å². The summed E-state index contributed by atoms with van der Waals surface area (Å²) in [5.41, 5.74) is 2.02. The van der Waals surface area contributed by atoms with Crippen molar-refractivity contribution in [3.05, 3.63) is 35.5 Å². The number of amides is 2. The highest BCUT2D eigenvalue weighted by Crippen LogP contribution is 2.24. The second-order valence-corrected chi connectivity index (χ2v) is 7.24. The number of hydrogen-bond donors (Lipinski definition) is 4. The van der Waals surface area contributed by atoms with Crippen LogP contribution in [0.5, 0.6) is 0 Å². The van der Waals surface area contributed by atoms with Crippen LogP contribution in [0.25, 0.3) is 10.9 Å². The Kier molecular flexibility index (Phi) is 6.63. The average Bonchev–Trinajstić information content (AvgIpc) is 2.89. The molecule has 1 aromatic carbocycles. The number of aliphatic carboxylic acids is 2. The molecule has 0 spiro atoms. The Labute approximate surface area is 167 Å². The number of hydrogen-bond acceptors (Lipinski definition) is 4. The number of nitrogens with zero attached hydrogens (tertiary/aromatic N) is 1. The normalized spacial score (nSPS) is 13.1. The molecule has 9 nitrogen and oxygen atoms in total. The Morgan fingerprint density at radius 2 is 1.69 bits per heavy atom. The summed E-state index contributed by atoms with van der Waals surface area (Å²) in [4.78, 5) is 47.6. The molecular formula is C20H25N3O6. The van der Waals surface area contributed by atoms with E-state index in [0.29, 0.717) is 5.69 Å². The first-order valence-corrected chi connectivity index (χ1v) is 9.14. The first-order valence-electron chi connectivity index (χ1n) is 9.14. The van der Waals surface area contributed by atoms with Crippen LogP contribution in [0.1, 0.15) is 36.3 Å². The highest BCUT2D eigenvalue weighted by atomic mass is 16.4. The third-order valence-electron chi connectivity index (χ3n) is 4.80. The van der Waals surface area contributed by atoms with E-state index in [4.69, 9.17) is 10.2 Å². The lowest BCUT2D eigenvalue weighted by Crippen LogP contribution is -2.54. The fraction of sp³-hybridized carbons (Fsp3) is 0.400. The fourth-order valence-electron chi connectivity index (χ4n) is 3.29. The van der Waals surface area contributed by atoms with Crippen LogP contribution >= 0.6 is 0 Å². The fourth-order valence-corrected chi connectivity index (χ4v) is 3.29. The van der Waals surface area contributed by atoms with Gasteiger partial charge in [0.1, 0.15) is 17.8 Å².